The van der Waals surface area contributed by atoms with Crippen molar-refractivity contribution in [1.82, 2.24) is 15.5 Å². The molecule has 6 nitrogen and oxygen atoms in total. The molecule has 0 aliphatic carbocycles. The van der Waals surface area contributed by atoms with Crippen LogP contribution in [-0.2, 0) is 9.47 Å². The van der Waals surface area contributed by atoms with Crippen LogP contribution in [0.4, 0.5) is 0 Å². The van der Waals surface area contributed by atoms with Crippen molar-refractivity contribution in [2.75, 3.05) is 59.7 Å². The minimum absolute atomic E-state index is 0.326. The molecule has 1 saturated heterocycles. The summed E-state index contributed by atoms with van der Waals surface area (Å²) in [5.41, 5.74) is 1.33. The fourth-order valence-electron chi connectivity index (χ4n) is 3.76. The van der Waals surface area contributed by atoms with E-state index in [1.165, 1.54) is 5.56 Å². The number of hydrogen-bond donors (Lipinski definition) is 2. The van der Waals surface area contributed by atoms with Crippen LogP contribution >= 0.6 is 0 Å². The molecule has 1 heterocycles. The van der Waals surface area contributed by atoms with Gasteiger partial charge in [-0.05, 0) is 43.8 Å². The highest BCUT2D eigenvalue weighted by atomic mass is 16.5. The van der Waals surface area contributed by atoms with Crippen LogP contribution < -0.4 is 10.6 Å². The maximum absolute atomic E-state index is 5.84. The molecule has 29 heavy (non-hydrogen) atoms. The number of likely N-dealkylation sites (N-methyl/N-ethyl adjacent to an activating group) is 1. The van der Waals surface area contributed by atoms with Crippen LogP contribution in [0, 0.1) is 5.92 Å². The Labute approximate surface area is 177 Å². The number of nitrogens with one attached hydrogen (secondary N) is 2. The summed E-state index contributed by atoms with van der Waals surface area (Å²) in [6.07, 6.45) is 3.23. The van der Waals surface area contributed by atoms with Crippen LogP contribution in [0.15, 0.2) is 35.3 Å². The number of hydrogen-bond acceptors (Lipinski definition) is 4. The van der Waals surface area contributed by atoms with Gasteiger partial charge in [-0.3, -0.25) is 9.89 Å². The number of nitrogens with zero attached hydrogens (tertiary/aromatic N) is 2. The standard InChI is InChI=1S/C23H40N4O2/c1-4-27(5-2)22(21-10-7-6-8-11-21)18-26-23(24-3)25-14-9-15-29-19-20-12-16-28-17-13-20/h6-8,10-11,20,22H,4-5,9,12-19H2,1-3H3,(H2,24,25,26). The highest BCUT2D eigenvalue weighted by molar-refractivity contribution is 5.79. The van der Waals surface area contributed by atoms with E-state index in [4.69, 9.17) is 9.47 Å². The first-order valence-corrected chi connectivity index (χ1v) is 11.2. The third-order valence-corrected chi connectivity index (χ3v) is 5.58. The summed E-state index contributed by atoms with van der Waals surface area (Å²) < 4.78 is 11.2. The highest BCUT2D eigenvalue weighted by Crippen LogP contribution is 2.19. The van der Waals surface area contributed by atoms with Gasteiger partial charge in [0.1, 0.15) is 0 Å². The maximum atomic E-state index is 5.84. The average Bonchev–Trinajstić information content (AvgIpc) is 2.78. The van der Waals surface area contributed by atoms with E-state index < -0.39 is 0 Å². The van der Waals surface area contributed by atoms with Crippen LogP contribution in [-0.4, -0.2) is 70.5 Å². The van der Waals surface area contributed by atoms with E-state index in [1.54, 1.807) is 0 Å². The lowest BCUT2D eigenvalue weighted by atomic mass is 10.0. The molecule has 6 heteroatoms. The van der Waals surface area contributed by atoms with Gasteiger partial charge in [-0.2, -0.15) is 0 Å². The normalized spacial score (nSPS) is 16.8. The fraction of sp³-hybridized carbons (Fsp3) is 0.696. The predicted molar refractivity (Wildman–Crippen MR) is 120 cm³/mol. The Morgan fingerprint density at radius 3 is 2.55 bits per heavy atom. The van der Waals surface area contributed by atoms with Gasteiger partial charge in [-0.15, -0.1) is 0 Å². The summed E-state index contributed by atoms with van der Waals surface area (Å²) in [6, 6.07) is 11.0. The number of ether oxygens (including phenoxy) is 2. The van der Waals surface area contributed by atoms with Gasteiger partial charge in [0.15, 0.2) is 5.96 Å². The van der Waals surface area contributed by atoms with Crippen LogP contribution in [0.2, 0.25) is 0 Å². The van der Waals surface area contributed by atoms with Gasteiger partial charge in [0.05, 0.1) is 6.04 Å². The van der Waals surface area contributed by atoms with Crippen molar-refractivity contribution in [2.45, 2.75) is 39.2 Å². The van der Waals surface area contributed by atoms with Crippen molar-refractivity contribution in [2.24, 2.45) is 10.9 Å². The zero-order valence-electron chi connectivity index (χ0n) is 18.5. The molecule has 1 atom stereocenters. The predicted octanol–water partition coefficient (Wildman–Crippen LogP) is 3.07. The Bertz CT molecular complexity index is 557. The Kier molecular flexibility index (Phi) is 11.7. The molecule has 0 bridgehead atoms. The van der Waals surface area contributed by atoms with E-state index in [-0.39, 0.29) is 0 Å². The van der Waals surface area contributed by atoms with Crippen molar-refractivity contribution >= 4 is 5.96 Å². The molecule has 0 saturated carbocycles. The molecule has 0 radical (unpaired) electrons. The largest absolute Gasteiger partial charge is 0.381 e. The lowest BCUT2D eigenvalue weighted by Gasteiger charge is -2.30. The molecule has 164 valence electrons. The van der Waals surface area contributed by atoms with E-state index in [0.29, 0.717) is 12.0 Å². The first-order chi connectivity index (χ1) is 14.3. The minimum atomic E-state index is 0.326. The maximum Gasteiger partial charge on any atom is 0.191 e. The quantitative estimate of drug-likeness (QED) is 0.319. The fourth-order valence-corrected chi connectivity index (χ4v) is 3.76. The van der Waals surface area contributed by atoms with Gasteiger partial charge in [0, 0.05) is 46.6 Å². The monoisotopic (exact) mass is 404 g/mol. The summed E-state index contributed by atoms with van der Waals surface area (Å²) in [7, 11) is 1.83. The number of benzene rings is 1. The summed E-state index contributed by atoms with van der Waals surface area (Å²) in [4.78, 5) is 6.85. The highest BCUT2D eigenvalue weighted by Gasteiger charge is 2.18. The van der Waals surface area contributed by atoms with Gasteiger partial charge in [0.2, 0.25) is 0 Å². The zero-order chi connectivity index (χ0) is 20.7. The molecule has 1 aromatic rings. The second kappa shape index (κ2) is 14.4. The molecule has 0 amide bonds. The average molecular weight is 405 g/mol. The molecule has 0 spiro atoms. The first-order valence-electron chi connectivity index (χ1n) is 11.2. The topological polar surface area (TPSA) is 58.1 Å². The molecule has 1 fully saturated rings. The second-order valence-electron chi connectivity index (χ2n) is 7.51. The van der Waals surface area contributed by atoms with E-state index >= 15 is 0 Å². The SMILES string of the molecule is CCN(CC)C(CNC(=NC)NCCCOCC1CCOCC1)c1ccccc1. The van der Waals surface area contributed by atoms with E-state index in [9.17, 15) is 0 Å². The van der Waals surface area contributed by atoms with E-state index in [2.05, 4.69) is 64.7 Å². The zero-order valence-corrected chi connectivity index (χ0v) is 18.5. The van der Waals surface area contributed by atoms with Crippen LogP contribution in [0.1, 0.15) is 44.7 Å². The van der Waals surface area contributed by atoms with Crippen molar-refractivity contribution in [3.8, 4) is 0 Å². The van der Waals surface area contributed by atoms with Crippen LogP contribution in [0.5, 0.6) is 0 Å². The minimum Gasteiger partial charge on any atom is -0.381 e. The molecular formula is C23H40N4O2. The molecule has 1 aliphatic heterocycles. The van der Waals surface area contributed by atoms with Gasteiger partial charge >= 0.3 is 0 Å². The number of aliphatic imine (C=N–C) groups is 1. The lowest BCUT2D eigenvalue weighted by Crippen LogP contribution is -2.43. The Morgan fingerprint density at radius 2 is 1.90 bits per heavy atom. The van der Waals surface area contributed by atoms with Crippen molar-refractivity contribution in [3.05, 3.63) is 35.9 Å². The smallest absolute Gasteiger partial charge is 0.191 e. The summed E-state index contributed by atoms with van der Waals surface area (Å²) in [6.45, 7) is 11.6. The lowest BCUT2D eigenvalue weighted by molar-refractivity contribution is 0.0203. The Hall–Kier alpha value is -1.63. The molecule has 1 aliphatic rings. The number of guanidine groups is 1. The summed E-state index contributed by atoms with van der Waals surface area (Å²) >= 11 is 0. The first kappa shape index (κ1) is 23.6. The Morgan fingerprint density at radius 1 is 1.17 bits per heavy atom. The van der Waals surface area contributed by atoms with Crippen molar-refractivity contribution < 1.29 is 9.47 Å². The van der Waals surface area contributed by atoms with Crippen LogP contribution in [0.25, 0.3) is 0 Å². The van der Waals surface area contributed by atoms with Gasteiger partial charge < -0.3 is 20.1 Å². The van der Waals surface area contributed by atoms with Crippen LogP contribution in [0.3, 0.4) is 0 Å². The Balaban J connectivity index is 1.69. The number of rotatable bonds is 12. The summed E-state index contributed by atoms with van der Waals surface area (Å²) in [5, 5.41) is 6.91. The third-order valence-electron chi connectivity index (χ3n) is 5.58. The van der Waals surface area contributed by atoms with Gasteiger partial charge in [0.25, 0.3) is 0 Å². The molecule has 0 aromatic heterocycles. The molecule has 1 unspecified atom stereocenters. The van der Waals surface area contributed by atoms with Crippen molar-refractivity contribution in [1.29, 1.82) is 0 Å². The summed E-state index contributed by atoms with van der Waals surface area (Å²) in [5.74, 6) is 1.52. The third kappa shape index (κ3) is 8.72. The molecule has 1 aromatic carbocycles. The molecule has 2 N–H and O–H groups in total. The molecular weight excluding hydrogens is 364 g/mol. The van der Waals surface area contributed by atoms with E-state index in [0.717, 1.165) is 77.8 Å². The van der Waals surface area contributed by atoms with Gasteiger partial charge in [-0.1, -0.05) is 44.2 Å². The van der Waals surface area contributed by atoms with Gasteiger partial charge in [-0.25, -0.2) is 0 Å². The second-order valence-corrected chi connectivity index (χ2v) is 7.51. The van der Waals surface area contributed by atoms with E-state index in [1.807, 2.05) is 7.05 Å². The molecule has 2 rings (SSSR count). The van der Waals surface area contributed by atoms with Crippen molar-refractivity contribution in [3.63, 3.8) is 0 Å².